The molecule has 1 N–H and O–H groups in total. The van der Waals surface area contributed by atoms with Gasteiger partial charge in [0.05, 0.1) is 10.7 Å². The summed E-state index contributed by atoms with van der Waals surface area (Å²) in [6.07, 6.45) is 0. The van der Waals surface area contributed by atoms with E-state index < -0.39 is 32.4 Å². The van der Waals surface area contributed by atoms with Crippen LogP contribution in [-0.2, 0) is 10.0 Å². The van der Waals surface area contributed by atoms with E-state index in [1.807, 2.05) is 4.72 Å². The number of hydrogen-bond donors (Lipinski definition) is 1. The summed E-state index contributed by atoms with van der Waals surface area (Å²) in [5.41, 5.74) is -0.0660. The van der Waals surface area contributed by atoms with Crippen LogP contribution >= 0.6 is 23.2 Å². The van der Waals surface area contributed by atoms with Crippen molar-refractivity contribution in [2.24, 2.45) is 0 Å². The number of ether oxygens (including phenoxy) is 1. The summed E-state index contributed by atoms with van der Waals surface area (Å²) < 4.78 is 72.0. The summed E-state index contributed by atoms with van der Waals surface area (Å²) in [7, 11) is -4.54. The van der Waals surface area contributed by atoms with Crippen molar-refractivity contribution < 1.29 is 26.3 Å². The number of halogens is 5. The minimum Gasteiger partial charge on any atom is -0.436 e. The second kappa shape index (κ2) is 7.82. The van der Waals surface area contributed by atoms with Crippen molar-refractivity contribution in [1.82, 2.24) is 10.2 Å². The smallest absolute Gasteiger partial charge is 0.264 e. The van der Waals surface area contributed by atoms with Crippen LogP contribution in [0.2, 0.25) is 10.2 Å². The van der Waals surface area contributed by atoms with E-state index in [-0.39, 0.29) is 27.5 Å². The van der Waals surface area contributed by atoms with Gasteiger partial charge in [0, 0.05) is 6.07 Å². The van der Waals surface area contributed by atoms with E-state index >= 15 is 0 Å². The first kappa shape index (κ1) is 20.2. The predicted molar refractivity (Wildman–Crippen MR) is 95.7 cm³/mol. The Morgan fingerprint density at radius 2 is 1.68 bits per heavy atom. The number of hydrogen-bond acceptors (Lipinski definition) is 5. The maximum Gasteiger partial charge on any atom is 0.264 e. The number of aromatic nitrogens is 2. The van der Waals surface area contributed by atoms with Crippen LogP contribution in [0.15, 0.2) is 47.4 Å². The lowest BCUT2D eigenvalue weighted by Gasteiger charge is -2.11. The highest BCUT2D eigenvalue weighted by Gasteiger charge is 2.24. The van der Waals surface area contributed by atoms with Crippen LogP contribution in [0.1, 0.15) is 0 Å². The molecular weight excluding hydrogens is 442 g/mol. The Balaban J connectivity index is 1.84. The molecule has 0 aliphatic carbocycles. The lowest BCUT2D eigenvalue weighted by molar-refractivity contribution is 0.432. The molecule has 0 saturated carbocycles. The zero-order chi connectivity index (χ0) is 20.5. The van der Waals surface area contributed by atoms with Gasteiger partial charge in [-0.05, 0) is 36.4 Å². The third-order valence-corrected chi connectivity index (χ3v) is 5.19. The van der Waals surface area contributed by atoms with Gasteiger partial charge >= 0.3 is 0 Å². The summed E-state index contributed by atoms with van der Waals surface area (Å²) >= 11 is 11.7. The van der Waals surface area contributed by atoms with Crippen LogP contribution in [0.5, 0.6) is 11.6 Å². The van der Waals surface area contributed by atoms with Crippen molar-refractivity contribution in [2.45, 2.75) is 4.90 Å². The first-order valence-electron chi connectivity index (χ1n) is 7.30. The molecule has 0 bridgehead atoms. The van der Waals surface area contributed by atoms with Gasteiger partial charge in [-0.25, -0.2) is 21.6 Å². The SMILES string of the molecule is O=S(=O)(Nc1ccc(Oc2ccc(Cl)nn2)c(Cl)c1)c1ccc(F)c(F)c1F. The zero-order valence-corrected chi connectivity index (χ0v) is 15.8. The summed E-state index contributed by atoms with van der Waals surface area (Å²) in [5, 5.41) is 7.42. The first-order valence-corrected chi connectivity index (χ1v) is 9.54. The molecule has 1 aromatic heterocycles. The third-order valence-electron chi connectivity index (χ3n) is 3.30. The maximum absolute atomic E-state index is 13.8. The average Bonchev–Trinajstić information content (AvgIpc) is 2.63. The van der Waals surface area contributed by atoms with Crippen LogP contribution in [0, 0.1) is 17.5 Å². The minimum atomic E-state index is -4.54. The van der Waals surface area contributed by atoms with Gasteiger partial charge in [0.15, 0.2) is 22.6 Å². The molecule has 146 valence electrons. The van der Waals surface area contributed by atoms with E-state index in [9.17, 15) is 21.6 Å². The van der Waals surface area contributed by atoms with Crippen molar-refractivity contribution in [1.29, 1.82) is 0 Å². The molecule has 0 aliphatic rings. The monoisotopic (exact) mass is 449 g/mol. The second-order valence-corrected chi connectivity index (χ2v) is 7.67. The van der Waals surface area contributed by atoms with Crippen LogP contribution in [0.25, 0.3) is 0 Å². The number of anilines is 1. The Labute approximate surface area is 166 Å². The average molecular weight is 450 g/mol. The Bertz CT molecular complexity index is 1150. The van der Waals surface area contributed by atoms with E-state index in [1.54, 1.807) is 0 Å². The van der Waals surface area contributed by atoms with Gasteiger partial charge in [0.2, 0.25) is 5.88 Å². The molecule has 0 atom stereocenters. The summed E-state index contributed by atoms with van der Waals surface area (Å²) in [4.78, 5) is -1.06. The minimum absolute atomic E-state index is 0.0114. The molecule has 12 heteroatoms. The van der Waals surface area contributed by atoms with Crippen LogP contribution in [-0.4, -0.2) is 18.6 Å². The van der Waals surface area contributed by atoms with Crippen molar-refractivity contribution in [2.75, 3.05) is 4.72 Å². The molecule has 0 saturated heterocycles. The number of nitrogens with one attached hydrogen (secondary N) is 1. The Morgan fingerprint density at radius 1 is 0.929 bits per heavy atom. The van der Waals surface area contributed by atoms with Crippen LogP contribution in [0.3, 0.4) is 0 Å². The Morgan fingerprint density at radius 3 is 2.32 bits per heavy atom. The molecule has 0 unspecified atom stereocenters. The summed E-state index contributed by atoms with van der Waals surface area (Å²) in [6.45, 7) is 0. The number of rotatable bonds is 5. The molecule has 0 radical (unpaired) electrons. The second-order valence-electron chi connectivity index (χ2n) is 5.22. The highest BCUT2D eigenvalue weighted by molar-refractivity contribution is 7.92. The maximum atomic E-state index is 13.8. The third kappa shape index (κ3) is 4.29. The van der Waals surface area contributed by atoms with E-state index in [1.165, 1.54) is 30.3 Å². The quantitative estimate of drug-likeness (QED) is 0.566. The number of sulfonamides is 1. The summed E-state index contributed by atoms with van der Waals surface area (Å²) in [5.74, 6) is -5.02. The molecule has 3 aromatic rings. The lowest BCUT2D eigenvalue weighted by atomic mass is 10.3. The zero-order valence-electron chi connectivity index (χ0n) is 13.5. The number of benzene rings is 2. The Hall–Kier alpha value is -2.56. The van der Waals surface area contributed by atoms with Gasteiger partial charge < -0.3 is 4.74 Å². The standard InChI is InChI=1S/C16H8Cl2F3N3O3S/c17-9-7-8(1-3-11(9)27-14-6-5-13(18)22-23-14)24-28(25,26)12-4-2-10(19)15(20)16(12)21/h1-7,24H. The fourth-order valence-corrected chi connectivity index (χ4v) is 3.48. The van der Waals surface area contributed by atoms with Crippen molar-refractivity contribution >= 4 is 38.9 Å². The fourth-order valence-electron chi connectivity index (χ4n) is 2.04. The molecule has 2 aromatic carbocycles. The highest BCUT2D eigenvalue weighted by Crippen LogP contribution is 2.32. The van der Waals surface area contributed by atoms with Crippen molar-refractivity contribution in [3.05, 3.63) is 70.1 Å². The van der Waals surface area contributed by atoms with Gasteiger partial charge in [0.25, 0.3) is 10.0 Å². The van der Waals surface area contributed by atoms with Gasteiger partial charge in [-0.1, -0.05) is 23.2 Å². The van der Waals surface area contributed by atoms with Gasteiger partial charge in [-0.2, -0.15) is 0 Å². The Kier molecular flexibility index (Phi) is 5.64. The topological polar surface area (TPSA) is 81.2 Å². The predicted octanol–water partition coefficient (Wildman–Crippen LogP) is 4.79. The van der Waals surface area contributed by atoms with Crippen molar-refractivity contribution in [3.63, 3.8) is 0 Å². The normalized spacial score (nSPS) is 11.3. The van der Waals surface area contributed by atoms with Gasteiger partial charge in [-0.15, -0.1) is 10.2 Å². The van der Waals surface area contributed by atoms with E-state index in [0.29, 0.717) is 12.1 Å². The number of nitrogens with zero attached hydrogens (tertiary/aromatic N) is 2. The summed E-state index contributed by atoms with van der Waals surface area (Å²) in [6, 6.07) is 7.75. The van der Waals surface area contributed by atoms with Crippen molar-refractivity contribution in [3.8, 4) is 11.6 Å². The molecule has 6 nitrogen and oxygen atoms in total. The molecule has 0 spiro atoms. The van der Waals surface area contributed by atoms with Gasteiger partial charge in [0.1, 0.15) is 10.6 Å². The molecule has 1 heterocycles. The molecular formula is C16H8Cl2F3N3O3S. The lowest BCUT2D eigenvalue weighted by Crippen LogP contribution is -2.15. The molecule has 0 amide bonds. The molecule has 28 heavy (non-hydrogen) atoms. The largest absolute Gasteiger partial charge is 0.436 e. The van der Waals surface area contributed by atoms with E-state index in [4.69, 9.17) is 27.9 Å². The van der Waals surface area contributed by atoms with E-state index in [2.05, 4.69) is 10.2 Å². The molecule has 0 aliphatic heterocycles. The fraction of sp³-hybridized carbons (Fsp3) is 0. The van der Waals surface area contributed by atoms with E-state index in [0.717, 1.165) is 0 Å². The molecule has 3 rings (SSSR count). The van der Waals surface area contributed by atoms with Crippen LogP contribution < -0.4 is 9.46 Å². The van der Waals surface area contributed by atoms with Crippen LogP contribution in [0.4, 0.5) is 18.9 Å². The molecule has 0 fully saturated rings. The first-order chi connectivity index (χ1) is 13.2. The van der Waals surface area contributed by atoms with Gasteiger partial charge in [-0.3, -0.25) is 4.72 Å². The highest BCUT2D eigenvalue weighted by atomic mass is 35.5.